The van der Waals surface area contributed by atoms with E-state index in [1.165, 1.54) is 32.9 Å². The van der Waals surface area contributed by atoms with Gasteiger partial charge in [-0.2, -0.15) is 0 Å². The third-order valence-electron chi connectivity index (χ3n) is 4.18. The highest BCUT2D eigenvalue weighted by Gasteiger charge is 2.10. The van der Waals surface area contributed by atoms with Crippen LogP contribution in [0.25, 0.3) is 0 Å². The normalized spacial score (nSPS) is 11.5. The average molecular weight is 361 g/mol. The molecule has 0 spiro atoms. The highest BCUT2D eigenvalue weighted by Crippen LogP contribution is 2.25. The van der Waals surface area contributed by atoms with E-state index in [-0.39, 0.29) is 0 Å². The average Bonchev–Trinajstić information content (AvgIpc) is 2.64. The van der Waals surface area contributed by atoms with Gasteiger partial charge in [0, 0.05) is 24.1 Å². The first kappa shape index (κ1) is 18.4. The smallest absolute Gasteiger partial charge is 0.130 e. The summed E-state index contributed by atoms with van der Waals surface area (Å²) in [5, 5.41) is 2.52. The van der Waals surface area contributed by atoms with Gasteiger partial charge < -0.3 is 4.74 Å². The van der Waals surface area contributed by atoms with Crippen LogP contribution in [0.3, 0.4) is 0 Å². The van der Waals surface area contributed by atoms with E-state index in [1.807, 2.05) is 31.5 Å². The number of rotatable bonds is 6. The van der Waals surface area contributed by atoms with Gasteiger partial charge in [0.2, 0.25) is 0 Å². The van der Waals surface area contributed by atoms with Crippen LogP contribution in [0.5, 0.6) is 5.75 Å². The van der Waals surface area contributed by atoms with Crippen LogP contribution in [-0.4, -0.2) is 13.3 Å². The number of nitrogens with zero attached hydrogens (tertiary/aromatic N) is 1. The highest BCUT2D eigenvalue weighted by molar-refractivity contribution is 7.56. The van der Waals surface area contributed by atoms with E-state index in [1.54, 1.807) is 0 Å². The van der Waals surface area contributed by atoms with Gasteiger partial charge in [-0.3, -0.25) is 4.99 Å². The number of para-hydroxylation sites is 1. The first-order chi connectivity index (χ1) is 12.7. The van der Waals surface area contributed by atoms with E-state index in [0.717, 1.165) is 5.75 Å². The zero-order valence-corrected chi connectivity index (χ0v) is 16.5. The van der Waals surface area contributed by atoms with Crippen LogP contribution >= 0.6 is 8.58 Å². The lowest BCUT2D eigenvalue weighted by atomic mass is 10.1. The third-order valence-corrected chi connectivity index (χ3v) is 5.57. The van der Waals surface area contributed by atoms with Crippen LogP contribution in [0.15, 0.2) is 71.7 Å². The molecule has 132 valence electrons. The zero-order valence-electron chi connectivity index (χ0n) is 15.5. The van der Waals surface area contributed by atoms with Crippen LogP contribution in [0.4, 0.5) is 0 Å². The molecule has 0 aliphatic heterocycles. The summed E-state index contributed by atoms with van der Waals surface area (Å²) in [5.41, 5.74) is 4.78. The van der Waals surface area contributed by atoms with Crippen molar-refractivity contribution >= 4 is 25.4 Å². The Kier molecular flexibility index (Phi) is 6.20. The van der Waals surface area contributed by atoms with E-state index in [0.29, 0.717) is 15.2 Å². The van der Waals surface area contributed by atoms with Crippen LogP contribution in [-0.2, 0) is 6.61 Å². The van der Waals surface area contributed by atoms with Crippen LogP contribution < -0.4 is 15.3 Å². The van der Waals surface area contributed by atoms with E-state index in [9.17, 15) is 0 Å². The Bertz CT molecular complexity index is 903. The number of hydrogen-bond donors (Lipinski definition) is 0. The van der Waals surface area contributed by atoms with E-state index in [2.05, 4.69) is 67.4 Å². The largest absolute Gasteiger partial charge is 0.488 e. The van der Waals surface area contributed by atoms with Gasteiger partial charge in [-0.15, -0.1) is 0 Å². The molecule has 0 radical (unpaired) electrons. The standard InChI is InChI=1S/C23H24NOP/c1-17-12-13-21(20(14-17)15-24-3)26-22-11-7-8-18(2)23(22)25-16-19-9-5-4-6-10-19/h4-15,26H,16H2,1-3H3. The van der Waals surface area contributed by atoms with Gasteiger partial charge >= 0.3 is 0 Å². The maximum atomic E-state index is 6.22. The first-order valence-corrected chi connectivity index (χ1v) is 9.73. The maximum absolute atomic E-state index is 6.22. The topological polar surface area (TPSA) is 21.6 Å². The van der Waals surface area contributed by atoms with Gasteiger partial charge in [0.15, 0.2) is 0 Å². The number of aryl methyl sites for hydroxylation is 2. The monoisotopic (exact) mass is 361 g/mol. The molecule has 0 aliphatic rings. The minimum Gasteiger partial charge on any atom is -0.488 e. The minimum absolute atomic E-state index is 0.528. The Morgan fingerprint density at radius 3 is 2.50 bits per heavy atom. The van der Waals surface area contributed by atoms with Crippen LogP contribution in [0.1, 0.15) is 22.3 Å². The molecular formula is C23H24NOP. The van der Waals surface area contributed by atoms with E-state index < -0.39 is 0 Å². The van der Waals surface area contributed by atoms with Crippen molar-refractivity contribution in [2.45, 2.75) is 20.5 Å². The molecule has 3 rings (SSSR count). The molecule has 1 unspecified atom stereocenters. The van der Waals surface area contributed by atoms with Gasteiger partial charge in [0.25, 0.3) is 0 Å². The van der Waals surface area contributed by atoms with Crippen LogP contribution in [0.2, 0.25) is 0 Å². The third kappa shape index (κ3) is 4.59. The summed E-state index contributed by atoms with van der Waals surface area (Å²) in [6.45, 7) is 4.80. The van der Waals surface area contributed by atoms with Crippen molar-refractivity contribution in [2.24, 2.45) is 4.99 Å². The molecular weight excluding hydrogens is 337 g/mol. The van der Waals surface area contributed by atoms with Crippen molar-refractivity contribution in [3.8, 4) is 5.75 Å². The lowest BCUT2D eigenvalue weighted by molar-refractivity contribution is 0.307. The summed E-state index contributed by atoms with van der Waals surface area (Å²) in [4.78, 5) is 4.21. The second kappa shape index (κ2) is 8.78. The summed E-state index contributed by atoms with van der Waals surface area (Å²) in [7, 11) is 2.34. The predicted molar refractivity (Wildman–Crippen MR) is 114 cm³/mol. The molecule has 0 aromatic heterocycles. The van der Waals surface area contributed by atoms with Gasteiger partial charge in [-0.25, -0.2) is 0 Å². The van der Waals surface area contributed by atoms with Gasteiger partial charge in [0.1, 0.15) is 12.4 Å². The fourth-order valence-corrected chi connectivity index (χ4v) is 4.16. The number of ether oxygens (including phenoxy) is 1. The molecule has 2 nitrogen and oxygen atoms in total. The van der Waals surface area contributed by atoms with Crippen molar-refractivity contribution in [3.63, 3.8) is 0 Å². The lowest BCUT2D eigenvalue weighted by Crippen LogP contribution is -2.13. The van der Waals surface area contributed by atoms with Gasteiger partial charge in [-0.05, 0) is 36.3 Å². The number of benzene rings is 3. The molecule has 3 aromatic carbocycles. The Morgan fingerprint density at radius 1 is 0.923 bits per heavy atom. The van der Waals surface area contributed by atoms with Gasteiger partial charge in [-0.1, -0.05) is 74.8 Å². The first-order valence-electron chi connectivity index (χ1n) is 8.73. The summed E-state index contributed by atoms with van der Waals surface area (Å²) in [5.74, 6) is 0.995. The fourth-order valence-electron chi connectivity index (χ4n) is 2.86. The molecule has 0 saturated heterocycles. The molecule has 26 heavy (non-hydrogen) atoms. The van der Waals surface area contributed by atoms with E-state index >= 15 is 0 Å². The fraction of sp³-hybridized carbons (Fsp3) is 0.174. The Labute approximate surface area is 157 Å². The van der Waals surface area contributed by atoms with Crippen molar-refractivity contribution in [1.29, 1.82) is 0 Å². The molecule has 1 atom stereocenters. The molecule has 3 heteroatoms. The molecule has 0 fully saturated rings. The van der Waals surface area contributed by atoms with Crippen molar-refractivity contribution in [1.82, 2.24) is 0 Å². The quantitative estimate of drug-likeness (QED) is 0.466. The molecule has 0 heterocycles. The molecule has 0 bridgehead atoms. The molecule has 0 amide bonds. The maximum Gasteiger partial charge on any atom is 0.130 e. The lowest BCUT2D eigenvalue weighted by Gasteiger charge is -2.15. The Morgan fingerprint density at radius 2 is 1.73 bits per heavy atom. The summed E-state index contributed by atoms with van der Waals surface area (Å²) >= 11 is 0. The Balaban J connectivity index is 1.88. The highest BCUT2D eigenvalue weighted by atomic mass is 31.1. The van der Waals surface area contributed by atoms with Crippen molar-refractivity contribution < 1.29 is 4.74 Å². The molecule has 3 aromatic rings. The minimum atomic E-state index is 0.528. The molecule has 0 saturated carbocycles. The predicted octanol–water partition coefficient (Wildman–Crippen LogP) is 4.56. The van der Waals surface area contributed by atoms with Crippen molar-refractivity contribution in [2.75, 3.05) is 7.05 Å². The second-order valence-corrected chi connectivity index (χ2v) is 7.66. The molecule has 0 aliphatic carbocycles. The van der Waals surface area contributed by atoms with Crippen molar-refractivity contribution in [3.05, 3.63) is 89.0 Å². The van der Waals surface area contributed by atoms with E-state index in [4.69, 9.17) is 4.74 Å². The SMILES string of the molecule is CN=Cc1cc(C)ccc1Pc1cccc(C)c1OCc1ccccc1. The number of aliphatic imine (C=N–C) groups is 1. The summed E-state index contributed by atoms with van der Waals surface area (Å²) in [6.07, 6.45) is 1.94. The van der Waals surface area contributed by atoms with Gasteiger partial charge in [0.05, 0.1) is 0 Å². The Hall–Kier alpha value is -2.44. The molecule has 0 N–H and O–H groups in total. The van der Waals surface area contributed by atoms with Crippen LogP contribution in [0, 0.1) is 13.8 Å². The zero-order chi connectivity index (χ0) is 18.4. The summed E-state index contributed by atoms with van der Waals surface area (Å²) < 4.78 is 6.22. The number of hydrogen-bond acceptors (Lipinski definition) is 2. The second-order valence-electron chi connectivity index (χ2n) is 6.33. The summed E-state index contributed by atoms with van der Waals surface area (Å²) in [6, 6.07) is 23.2.